The Morgan fingerprint density at radius 2 is 1.96 bits per heavy atom. The minimum Gasteiger partial charge on any atom is -0.494 e. The van der Waals surface area contributed by atoms with Crippen LogP contribution < -0.4 is 10.2 Å². The normalized spacial score (nSPS) is 11.4. The first-order chi connectivity index (χ1) is 11.6. The second-order valence-corrected chi connectivity index (χ2v) is 5.91. The highest BCUT2D eigenvalue weighted by atomic mass is 16.5. The van der Waals surface area contributed by atoms with Gasteiger partial charge in [0.25, 0.3) is 5.91 Å². The molecule has 2 rings (SSSR count). The molecule has 2 aromatic rings. The Balaban J connectivity index is 1.90. The predicted octanol–water partition coefficient (Wildman–Crippen LogP) is 3.66. The van der Waals surface area contributed by atoms with E-state index in [2.05, 4.69) is 29.4 Å². The van der Waals surface area contributed by atoms with Gasteiger partial charge < -0.3 is 4.74 Å². The number of benzene rings is 1. The number of ether oxygens (including phenoxy) is 1. The second kappa shape index (κ2) is 8.82. The Bertz CT molecular complexity index is 680. The average molecular weight is 325 g/mol. The molecule has 5 nitrogen and oxygen atoms in total. The van der Waals surface area contributed by atoms with Gasteiger partial charge in [0.05, 0.1) is 18.0 Å². The smallest absolute Gasteiger partial charge is 0.271 e. The third kappa shape index (κ3) is 5.50. The number of rotatable bonds is 7. The predicted molar refractivity (Wildman–Crippen MR) is 95.3 cm³/mol. The van der Waals surface area contributed by atoms with Crippen LogP contribution in [0.15, 0.2) is 53.8 Å². The van der Waals surface area contributed by atoms with Crippen molar-refractivity contribution in [3.63, 3.8) is 0 Å². The van der Waals surface area contributed by atoms with Crippen LogP contribution >= 0.6 is 0 Å². The van der Waals surface area contributed by atoms with Gasteiger partial charge in [0, 0.05) is 11.8 Å². The zero-order valence-electron chi connectivity index (χ0n) is 14.3. The Labute approximate surface area is 142 Å². The lowest BCUT2D eigenvalue weighted by molar-refractivity contribution is 0.0955. The summed E-state index contributed by atoms with van der Waals surface area (Å²) in [6.07, 6.45) is 2.69. The quantitative estimate of drug-likeness (QED) is 0.624. The zero-order chi connectivity index (χ0) is 17.4. The lowest BCUT2D eigenvalue weighted by atomic mass is 10.1. The maximum atomic E-state index is 12.1. The van der Waals surface area contributed by atoms with Crippen molar-refractivity contribution in [3.8, 4) is 5.75 Å². The highest BCUT2D eigenvalue weighted by molar-refractivity contribution is 5.99. The molecule has 0 unspecified atom stereocenters. The van der Waals surface area contributed by atoms with Gasteiger partial charge in [0.2, 0.25) is 0 Å². The SMILES string of the molecule is C/C(=N/NC(=O)c1ccc(OCCC(C)C)cc1)c1ccccn1. The Morgan fingerprint density at radius 3 is 2.58 bits per heavy atom. The number of pyridine rings is 1. The molecule has 0 aliphatic carbocycles. The first kappa shape index (κ1) is 17.7. The molecule has 126 valence electrons. The highest BCUT2D eigenvalue weighted by Gasteiger charge is 2.06. The summed E-state index contributed by atoms with van der Waals surface area (Å²) >= 11 is 0. The molecule has 0 saturated heterocycles. The number of aromatic nitrogens is 1. The number of nitrogens with zero attached hydrogens (tertiary/aromatic N) is 2. The molecule has 1 aromatic carbocycles. The number of carbonyl (C=O) groups is 1. The van der Waals surface area contributed by atoms with Crippen molar-refractivity contribution in [2.24, 2.45) is 11.0 Å². The molecular weight excluding hydrogens is 302 g/mol. The standard InChI is InChI=1S/C19H23N3O2/c1-14(2)11-13-24-17-9-7-16(8-10-17)19(23)22-21-15(3)18-6-4-5-12-20-18/h4-10,12,14H,11,13H2,1-3H3,(H,22,23)/b21-15-. The molecular formula is C19H23N3O2. The van der Waals surface area contributed by atoms with Crippen LogP contribution in [0.5, 0.6) is 5.75 Å². The van der Waals surface area contributed by atoms with E-state index in [1.807, 2.05) is 18.2 Å². The van der Waals surface area contributed by atoms with Gasteiger partial charge in [-0.05, 0) is 55.7 Å². The van der Waals surface area contributed by atoms with Crippen molar-refractivity contribution in [1.29, 1.82) is 0 Å². The van der Waals surface area contributed by atoms with Gasteiger partial charge >= 0.3 is 0 Å². The fraction of sp³-hybridized carbons (Fsp3) is 0.316. The van der Waals surface area contributed by atoms with E-state index in [4.69, 9.17) is 4.74 Å². The Kier molecular flexibility index (Phi) is 6.49. The molecule has 0 aliphatic heterocycles. The molecule has 1 heterocycles. The summed E-state index contributed by atoms with van der Waals surface area (Å²) in [6.45, 7) is 6.79. The van der Waals surface area contributed by atoms with Gasteiger partial charge in [-0.3, -0.25) is 9.78 Å². The largest absolute Gasteiger partial charge is 0.494 e. The number of hydrazone groups is 1. The molecule has 0 bridgehead atoms. The van der Waals surface area contributed by atoms with Crippen molar-refractivity contribution in [3.05, 3.63) is 59.9 Å². The summed E-state index contributed by atoms with van der Waals surface area (Å²) in [6, 6.07) is 12.6. The molecule has 1 amide bonds. The van der Waals surface area contributed by atoms with Crippen LogP contribution in [0.3, 0.4) is 0 Å². The van der Waals surface area contributed by atoms with Crippen LogP contribution in [0.4, 0.5) is 0 Å². The molecule has 0 spiro atoms. The fourth-order valence-electron chi connectivity index (χ4n) is 1.95. The maximum absolute atomic E-state index is 12.1. The third-order valence-corrected chi connectivity index (χ3v) is 3.44. The minimum absolute atomic E-state index is 0.265. The summed E-state index contributed by atoms with van der Waals surface area (Å²) in [4.78, 5) is 16.3. The maximum Gasteiger partial charge on any atom is 0.271 e. The molecule has 0 atom stereocenters. The highest BCUT2D eigenvalue weighted by Crippen LogP contribution is 2.13. The molecule has 1 N–H and O–H groups in total. The number of amides is 1. The van der Waals surface area contributed by atoms with E-state index in [9.17, 15) is 4.79 Å². The van der Waals surface area contributed by atoms with Crippen LogP contribution in [0, 0.1) is 5.92 Å². The van der Waals surface area contributed by atoms with Crippen molar-refractivity contribution >= 4 is 11.6 Å². The van der Waals surface area contributed by atoms with E-state index in [0.29, 0.717) is 23.8 Å². The first-order valence-electron chi connectivity index (χ1n) is 8.05. The van der Waals surface area contributed by atoms with E-state index in [1.165, 1.54) is 0 Å². The van der Waals surface area contributed by atoms with Crippen LogP contribution in [0.2, 0.25) is 0 Å². The first-order valence-corrected chi connectivity index (χ1v) is 8.05. The van der Waals surface area contributed by atoms with E-state index in [-0.39, 0.29) is 5.91 Å². The molecule has 0 radical (unpaired) electrons. The molecule has 0 fully saturated rings. The van der Waals surface area contributed by atoms with Crippen LogP contribution in [0.25, 0.3) is 0 Å². The lowest BCUT2D eigenvalue weighted by Crippen LogP contribution is -2.19. The second-order valence-electron chi connectivity index (χ2n) is 5.91. The molecule has 1 aromatic heterocycles. The fourth-order valence-corrected chi connectivity index (χ4v) is 1.95. The zero-order valence-corrected chi connectivity index (χ0v) is 14.3. The van der Waals surface area contributed by atoms with Crippen molar-refractivity contribution in [2.75, 3.05) is 6.61 Å². The number of nitrogens with one attached hydrogen (secondary N) is 1. The van der Waals surface area contributed by atoms with Crippen LogP contribution in [-0.4, -0.2) is 23.2 Å². The summed E-state index contributed by atoms with van der Waals surface area (Å²) in [5, 5.41) is 4.09. The lowest BCUT2D eigenvalue weighted by Gasteiger charge is -2.08. The molecule has 24 heavy (non-hydrogen) atoms. The molecule has 0 saturated carbocycles. The summed E-state index contributed by atoms with van der Waals surface area (Å²) < 4.78 is 5.64. The van der Waals surface area contributed by atoms with E-state index < -0.39 is 0 Å². The average Bonchev–Trinajstić information content (AvgIpc) is 2.60. The van der Waals surface area contributed by atoms with Gasteiger partial charge in [-0.1, -0.05) is 19.9 Å². The van der Waals surface area contributed by atoms with Gasteiger partial charge in [-0.25, -0.2) is 5.43 Å². The topological polar surface area (TPSA) is 63.6 Å². The third-order valence-electron chi connectivity index (χ3n) is 3.44. The van der Waals surface area contributed by atoms with Crippen molar-refractivity contribution in [2.45, 2.75) is 27.2 Å². The molecule has 0 aliphatic rings. The summed E-state index contributed by atoms with van der Waals surface area (Å²) in [7, 11) is 0. The van der Waals surface area contributed by atoms with E-state index in [1.54, 1.807) is 37.4 Å². The van der Waals surface area contributed by atoms with Gasteiger partial charge in [-0.15, -0.1) is 0 Å². The van der Waals surface area contributed by atoms with Crippen molar-refractivity contribution < 1.29 is 9.53 Å². The van der Waals surface area contributed by atoms with Crippen LogP contribution in [0.1, 0.15) is 43.2 Å². The summed E-state index contributed by atoms with van der Waals surface area (Å²) in [5.41, 5.74) is 4.45. The molecule has 5 heteroatoms. The van der Waals surface area contributed by atoms with Gasteiger partial charge in [0.15, 0.2) is 0 Å². The monoisotopic (exact) mass is 325 g/mol. The van der Waals surface area contributed by atoms with Crippen molar-refractivity contribution in [1.82, 2.24) is 10.4 Å². The Hall–Kier alpha value is -2.69. The number of carbonyl (C=O) groups excluding carboxylic acids is 1. The minimum atomic E-state index is -0.265. The Morgan fingerprint density at radius 1 is 1.21 bits per heavy atom. The van der Waals surface area contributed by atoms with Crippen LogP contribution in [-0.2, 0) is 0 Å². The number of hydrogen-bond acceptors (Lipinski definition) is 4. The van der Waals surface area contributed by atoms with E-state index in [0.717, 1.165) is 17.9 Å². The van der Waals surface area contributed by atoms with Gasteiger partial charge in [-0.2, -0.15) is 5.10 Å². The number of hydrogen-bond donors (Lipinski definition) is 1. The summed E-state index contributed by atoms with van der Waals surface area (Å²) in [5.74, 6) is 1.11. The van der Waals surface area contributed by atoms with E-state index >= 15 is 0 Å². The van der Waals surface area contributed by atoms with Gasteiger partial charge in [0.1, 0.15) is 5.75 Å².